The number of aliphatic carboxylic acids is 1. The Balaban J connectivity index is 2.52. The summed E-state index contributed by atoms with van der Waals surface area (Å²) in [6.45, 7) is 2.15. The van der Waals surface area contributed by atoms with Gasteiger partial charge in [0.1, 0.15) is 0 Å². The Morgan fingerprint density at radius 2 is 2.25 bits per heavy atom. The standard InChI is InChI=1S/C13H19N3O4/c1-3-9-5-4-6-14-10(9)7-15-13(19)16-11(8-20-2)12(17)18/h4-6,11H,3,7-8H2,1-2H3,(H,17,18)(H2,15,16,19). The molecule has 1 rings (SSSR count). The van der Waals surface area contributed by atoms with Gasteiger partial charge in [-0.1, -0.05) is 13.0 Å². The zero-order valence-corrected chi connectivity index (χ0v) is 11.5. The largest absolute Gasteiger partial charge is 0.480 e. The van der Waals surface area contributed by atoms with Crippen molar-refractivity contribution in [2.45, 2.75) is 25.9 Å². The third-order valence-corrected chi connectivity index (χ3v) is 2.72. The van der Waals surface area contributed by atoms with Gasteiger partial charge in [0.15, 0.2) is 6.04 Å². The molecular weight excluding hydrogens is 262 g/mol. The van der Waals surface area contributed by atoms with E-state index in [2.05, 4.69) is 15.6 Å². The van der Waals surface area contributed by atoms with Crippen LogP contribution < -0.4 is 10.6 Å². The van der Waals surface area contributed by atoms with Crippen LogP contribution in [0.25, 0.3) is 0 Å². The lowest BCUT2D eigenvalue weighted by molar-refractivity contribution is -0.140. The summed E-state index contributed by atoms with van der Waals surface area (Å²) in [5.41, 5.74) is 1.81. The lowest BCUT2D eigenvalue weighted by Crippen LogP contribution is -2.48. The monoisotopic (exact) mass is 281 g/mol. The van der Waals surface area contributed by atoms with Crippen LogP contribution in [0.3, 0.4) is 0 Å². The SMILES string of the molecule is CCc1cccnc1CNC(=O)NC(COC)C(=O)O. The van der Waals surface area contributed by atoms with Gasteiger partial charge in [-0.15, -0.1) is 0 Å². The van der Waals surface area contributed by atoms with Gasteiger partial charge in [-0.3, -0.25) is 4.98 Å². The van der Waals surface area contributed by atoms with Crippen LogP contribution in [-0.4, -0.2) is 41.8 Å². The molecule has 0 spiro atoms. The third-order valence-electron chi connectivity index (χ3n) is 2.72. The fraction of sp³-hybridized carbons (Fsp3) is 0.462. The molecule has 1 unspecified atom stereocenters. The van der Waals surface area contributed by atoms with Gasteiger partial charge < -0.3 is 20.5 Å². The molecule has 1 atom stereocenters. The number of aromatic nitrogens is 1. The highest BCUT2D eigenvalue weighted by Crippen LogP contribution is 2.05. The van der Waals surface area contributed by atoms with Crippen LogP contribution in [0.4, 0.5) is 4.79 Å². The van der Waals surface area contributed by atoms with Gasteiger partial charge in [0.05, 0.1) is 18.8 Å². The number of aryl methyl sites for hydroxylation is 1. The summed E-state index contributed by atoms with van der Waals surface area (Å²) < 4.78 is 4.73. The third kappa shape index (κ3) is 4.85. The molecule has 0 aliphatic heterocycles. The minimum absolute atomic E-state index is 0.0907. The summed E-state index contributed by atoms with van der Waals surface area (Å²) in [5, 5.41) is 13.8. The maximum absolute atomic E-state index is 11.6. The number of nitrogens with one attached hydrogen (secondary N) is 2. The first-order chi connectivity index (χ1) is 9.58. The van der Waals surface area contributed by atoms with Gasteiger partial charge in [0.25, 0.3) is 0 Å². The summed E-state index contributed by atoms with van der Waals surface area (Å²) in [4.78, 5) is 26.7. The molecule has 0 aliphatic rings. The lowest BCUT2D eigenvalue weighted by atomic mass is 10.1. The topological polar surface area (TPSA) is 101 Å². The molecule has 7 heteroatoms. The molecule has 1 aromatic rings. The summed E-state index contributed by atoms with van der Waals surface area (Å²) >= 11 is 0. The Morgan fingerprint density at radius 3 is 2.85 bits per heavy atom. The number of carboxylic acids is 1. The molecule has 3 N–H and O–H groups in total. The number of carboxylic acid groups (broad SMARTS) is 1. The van der Waals surface area contributed by atoms with Crippen LogP contribution >= 0.6 is 0 Å². The minimum atomic E-state index is -1.14. The number of rotatable bonds is 7. The highest BCUT2D eigenvalue weighted by Gasteiger charge is 2.19. The van der Waals surface area contributed by atoms with E-state index in [9.17, 15) is 9.59 Å². The van der Waals surface area contributed by atoms with Crippen LogP contribution in [0.2, 0.25) is 0 Å². The number of methoxy groups -OCH3 is 1. The number of ether oxygens (including phenoxy) is 1. The number of hydrogen-bond donors (Lipinski definition) is 3. The zero-order chi connectivity index (χ0) is 15.0. The lowest BCUT2D eigenvalue weighted by Gasteiger charge is -2.14. The molecule has 1 heterocycles. The van der Waals surface area contributed by atoms with Crippen LogP contribution in [0, 0.1) is 0 Å². The Morgan fingerprint density at radius 1 is 1.50 bits per heavy atom. The Bertz CT molecular complexity index is 465. The van der Waals surface area contributed by atoms with E-state index >= 15 is 0 Å². The fourth-order valence-corrected chi connectivity index (χ4v) is 1.67. The molecule has 0 fully saturated rings. The summed E-state index contributed by atoms with van der Waals surface area (Å²) in [7, 11) is 1.37. The summed E-state index contributed by atoms with van der Waals surface area (Å²) in [6.07, 6.45) is 2.47. The molecule has 7 nitrogen and oxygen atoms in total. The van der Waals surface area contributed by atoms with E-state index < -0.39 is 18.0 Å². The smallest absolute Gasteiger partial charge is 0.328 e. The molecule has 20 heavy (non-hydrogen) atoms. The van der Waals surface area contributed by atoms with E-state index in [-0.39, 0.29) is 13.2 Å². The molecule has 0 radical (unpaired) electrons. The molecule has 0 saturated heterocycles. The first-order valence-corrected chi connectivity index (χ1v) is 6.27. The summed E-state index contributed by atoms with van der Waals surface area (Å²) in [6, 6.07) is 2.13. The van der Waals surface area contributed by atoms with Crippen molar-refractivity contribution in [3.8, 4) is 0 Å². The Hall–Kier alpha value is -2.15. The highest BCUT2D eigenvalue weighted by atomic mass is 16.5. The van der Waals surface area contributed by atoms with Crippen LogP contribution in [0.1, 0.15) is 18.2 Å². The average molecular weight is 281 g/mol. The maximum Gasteiger partial charge on any atom is 0.328 e. The van der Waals surface area contributed by atoms with Gasteiger partial charge in [-0.25, -0.2) is 9.59 Å². The van der Waals surface area contributed by atoms with Crippen molar-refractivity contribution in [3.63, 3.8) is 0 Å². The van der Waals surface area contributed by atoms with Crippen molar-refractivity contribution >= 4 is 12.0 Å². The number of carbonyl (C=O) groups excluding carboxylic acids is 1. The normalized spacial score (nSPS) is 11.7. The van der Waals surface area contributed by atoms with Gasteiger partial charge in [-0.05, 0) is 18.1 Å². The number of urea groups is 1. The van der Waals surface area contributed by atoms with E-state index in [0.717, 1.165) is 17.7 Å². The predicted octanol–water partition coefficient (Wildman–Crippen LogP) is 0.543. The summed E-state index contributed by atoms with van der Waals surface area (Å²) in [5.74, 6) is -1.14. The molecule has 2 amide bonds. The van der Waals surface area contributed by atoms with E-state index in [0.29, 0.717) is 0 Å². The van der Waals surface area contributed by atoms with Crippen molar-refractivity contribution in [2.24, 2.45) is 0 Å². The average Bonchev–Trinajstić information content (AvgIpc) is 2.44. The number of carbonyl (C=O) groups is 2. The quantitative estimate of drug-likeness (QED) is 0.677. The van der Waals surface area contributed by atoms with Gasteiger partial charge >= 0.3 is 12.0 Å². The van der Waals surface area contributed by atoms with E-state index in [1.54, 1.807) is 6.20 Å². The molecule has 0 bridgehead atoms. The fourth-order valence-electron chi connectivity index (χ4n) is 1.67. The van der Waals surface area contributed by atoms with Crippen molar-refractivity contribution in [2.75, 3.05) is 13.7 Å². The number of nitrogens with zero attached hydrogens (tertiary/aromatic N) is 1. The van der Waals surface area contributed by atoms with Crippen LogP contribution in [0.5, 0.6) is 0 Å². The second-order valence-corrected chi connectivity index (χ2v) is 4.14. The van der Waals surface area contributed by atoms with Gasteiger partial charge in [0.2, 0.25) is 0 Å². The van der Waals surface area contributed by atoms with Crippen molar-refractivity contribution in [1.29, 1.82) is 0 Å². The predicted molar refractivity (Wildman–Crippen MR) is 72.3 cm³/mol. The molecule has 0 aromatic carbocycles. The molecule has 1 aromatic heterocycles. The van der Waals surface area contributed by atoms with Crippen molar-refractivity contribution < 1.29 is 19.4 Å². The van der Waals surface area contributed by atoms with Crippen molar-refractivity contribution in [1.82, 2.24) is 15.6 Å². The van der Waals surface area contributed by atoms with E-state index in [1.807, 2.05) is 19.1 Å². The second-order valence-electron chi connectivity index (χ2n) is 4.14. The van der Waals surface area contributed by atoms with Crippen LogP contribution in [0.15, 0.2) is 18.3 Å². The van der Waals surface area contributed by atoms with Gasteiger partial charge in [-0.2, -0.15) is 0 Å². The van der Waals surface area contributed by atoms with Gasteiger partial charge in [0, 0.05) is 13.3 Å². The second kappa shape index (κ2) is 8.11. The molecular formula is C13H19N3O4. The first-order valence-electron chi connectivity index (χ1n) is 6.27. The number of amides is 2. The Kier molecular flexibility index (Phi) is 6.45. The molecule has 110 valence electrons. The van der Waals surface area contributed by atoms with E-state index in [1.165, 1.54) is 7.11 Å². The molecule has 0 aliphatic carbocycles. The first kappa shape index (κ1) is 15.9. The minimum Gasteiger partial charge on any atom is -0.480 e. The molecule has 0 saturated carbocycles. The maximum atomic E-state index is 11.6. The Labute approximate surface area is 117 Å². The number of hydrogen-bond acceptors (Lipinski definition) is 4. The van der Waals surface area contributed by atoms with Crippen molar-refractivity contribution in [3.05, 3.63) is 29.6 Å². The number of pyridine rings is 1. The van der Waals surface area contributed by atoms with E-state index in [4.69, 9.17) is 9.84 Å². The highest BCUT2D eigenvalue weighted by molar-refractivity contribution is 5.82. The zero-order valence-electron chi connectivity index (χ0n) is 11.5. The van der Waals surface area contributed by atoms with Crippen LogP contribution in [-0.2, 0) is 22.5 Å².